The molecule has 3 nitrogen and oxygen atoms in total. The maximum atomic E-state index is 12.1. The summed E-state index contributed by atoms with van der Waals surface area (Å²) in [5, 5.41) is 3.46. The van der Waals surface area contributed by atoms with Crippen LogP contribution in [0.2, 0.25) is 0 Å². The monoisotopic (exact) mass is 311 g/mol. The summed E-state index contributed by atoms with van der Waals surface area (Å²) in [6.07, 6.45) is 0.386. The molecule has 0 aromatic heterocycles. The standard InChI is InChI=1S/C20H25NO2/c1-16(2)19(21-14-17-9-5-3-6-10-17)13-20(22)23-15-18-11-7-4-8-12-18/h3-12,16,19,21H,13-15H2,1-2H3/t19-/m1/s1. The summed E-state index contributed by atoms with van der Waals surface area (Å²) in [7, 11) is 0. The number of benzene rings is 2. The van der Waals surface area contributed by atoms with Crippen molar-refractivity contribution in [1.82, 2.24) is 5.32 Å². The average molecular weight is 311 g/mol. The summed E-state index contributed by atoms with van der Waals surface area (Å²) in [6.45, 7) is 5.33. The second-order valence-electron chi connectivity index (χ2n) is 6.07. The van der Waals surface area contributed by atoms with Crippen LogP contribution in [0.5, 0.6) is 0 Å². The highest BCUT2D eigenvalue weighted by atomic mass is 16.5. The third-order valence-corrected chi connectivity index (χ3v) is 3.85. The lowest BCUT2D eigenvalue weighted by Gasteiger charge is -2.21. The fourth-order valence-corrected chi connectivity index (χ4v) is 2.36. The van der Waals surface area contributed by atoms with Crippen LogP contribution >= 0.6 is 0 Å². The van der Waals surface area contributed by atoms with Crippen molar-refractivity contribution in [2.24, 2.45) is 5.92 Å². The van der Waals surface area contributed by atoms with E-state index >= 15 is 0 Å². The number of ether oxygens (including phenoxy) is 1. The molecule has 1 N–H and O–H groups in total. The summed E-state index contributed by atoms with van der Waals surface area (Å²) in [4.78, 5) is 12.1. The van der Waals surface area contributed by atoms with Gasteiger partial charge >= 0.3 is 5.97 Å². The van der Waals surface area contributed by atoms with E-state index in [2.05, 4.69) is 31.3 Å². The minimum atomic E-state index is -0.159. The summed E-state index contributed by atoms with van der Waals surface area (Å²) in [5.41, 5.74) is 2.23. The van der Waals surface area contributed by atoms with Crippen LogP contribution in [0.3, 0.4) is 0 Å². The zero-order chi connectivity index (χ0) is 16.5. The molecule has 0 aliphatic heterocycles. The van der Waals surface area contributed by atoms with E-state index in [-0.39, 0.29) is 12.0 Å². The third kappa shape index (κ3) is 6.25. The predicted molar refractivity (Wildman–Crippen MR) is 92.8 cm³/mol. The lowest BCUT2D eigenvalue weighted by Crippen LogP contribution is -2.35. The minimum absolute atomic E-state index is 0.110. The highest BCUT2D eigenvalue weighted by Crippen LogP contribution is 2.10. The first-order chi connectivity index (χ1) is 11.1. The van der Waals surface area contributed by atoms with Crippen molar-refractivity contribution in [3.05, 3.63) is 71.8 Å². The Labute approximate surface area is 138 Å². The van der Waals surface area contributed by atoms with Gasteiger partial charge in [-0.2, -0.15) is 0 Å². The highest BCUT2D eigenvalue weighted by Gasteiger charge is 2.18. The number of hydrogen-bond donors (Lipinski definition) is 1. The van der Waals surface area contributed by atoms with E-state index < -0.39 is 0 Å². The molecular formula is C20H25NO2. The molecule has 3 heteroatoms. The number of hydrogen-bond acceptors (Lipinski definition) is 3. The van der Waals surface area contributed by atoms with Crippen molar-refractivity contribution < 1.29 is 9.53 Å². The smallest absolute Gasteiger partial charge is 0.307 e. The van der Waals surface area contributed by atoms with Gasteiger partial charge in [-0.25, -0.2) is 0 Å². The Kier molecular flexibility index (Phi) is 6.82. The quantitative estimate of drug-likeness (QED) is 0.751. The van der Waals surface area contributed by atoms with Crippen LogP contribution in [-0.4, -0.2) is 12.0 Å². The van der Waals surface area contributed by atoms with Crippen LogP contribution in [0, 0.1) is 5.92 Å². The van der Waals surface area contributed by atoms with Gasteiger partial charge in [-0.15, -0.1) is 0 Å². The molecule has 1 atom stereocenters. The molecule has 2 aromatic rings. The fourth-order valence-electron chi connectivity index (χ4n) is 2.36. The molecule has 0 aliphatic carbocycles. The van der Waals surface area contributed by atoms with Crippen LogP contribution in [0.25, 0.3) is 0 Å². The average Bonchev–Trinajstić information content (AvgIpc) is 2.58. The van der Waals surface area contributed by atoms with E-state index in [1.807, 2.05) is 48.5 Å². The van der Waals surface area contributed by atoms with Gasteiger partial charge in [0, 0.05) is 12.6 Å². The highest BCUT2D eigenvalue weighted by molar-refractivity contribution is 5.70. The van der Waals surface area contributed by atoms with Gasteiger partial charge in [0.2, 0.25) is 0 Å². The Bertz CT molecular complexity index is 581. The van der Waals surface area contributed by atoms with Crippen molar-refractivity contribution in [2.45, 2.75) is 39.5 Å². The predicted octanol–water partition coefficient (Wildman–Crippen LogP) is 3.93. The van der Waals surface area contributed by atoms with Crippen LogP contribution in [0.15, 0.2) is 60.7 Å². The molecule has 0 saturated heterocycles. The summed E-state index contributed by atoms with van der Waals surface area (Å²) < 4.78 is 5.38. The minimum Gasteiger partial charge on any atom is -0.461 e. The number of rotatable bonds is 8. The van der Waals surface area contributed by atoms with Crippen molar-refractivity contribution in [3.8, 4) is 0 Å². The lowest BCUT2D eigenvalue weighted by atomic mass is 10.0. The van der Waals surface area contributed by atoms with Gasteiger partial charge < -0.3 is 10.1 Å². The Morgan fingerprint density at radius 3 is 2.09 bits per heavy atom. The summed E-state index contributed by atoms with van der Waals surface area (Å²) in [6, 6.07) is 20.1. The number of carbonyl (C=O) groups is 1. The van der Waals surface area contributed by atoms with E-state index in [9.17, 15) is 4.79 Å². The van der Waals surface area contributed by atoms with Crippen molar-refractivity contribution in [1.29, 1.82) is 0 Å². The molecule has 0 spiro atoms. The van der Waals surface area contributed by atoms with Gasteiger partial charge in [0.05, 0.1) is 6.42 Å². The van der Waals surface area contributed by atoms with Gasteiger partial charge in [0.1, 0.15) is 6.61 Å². The van der Waals surface area contributed by atoms with E-state index in [4.69, 9.17) is 4.74 Å². The second kappa shape index (κ2) is 9.11. The van der Waals surface area contributed by atoms with Crippen LogP contribution in [-0.2, 0) is 22.7 Å². The molecule has 0 radical (unpaired) electrons. The number of carbonyl (C=O) groups excluding carboxylic acids is 1. The Balaban J connectivity index is 1.80. The van der Waals surface area contributed by atoms with E-state index in [1.54, 1.807) is 0 Å². The van der Waals surface area contributed by atoms with Crippen molar-refractivity contribution in [2.75, 3.05) is 0 Å². The van der Waals surface area contributed by atoms with E-state index in [0.29, 0.717) is 18.9 Å². The van der Waals surface area contributed by atoms with Crippen LogP contribution in [0.4, 0.5) is 0 Å². The molecule has 0 bridgehead atoms. The zero-order valence-corrected chi connectivity index (χ0v) is 13.9. The number of esters is 1. The maximum absolute atomic E-state index is 12.1. The molecule has 0 unspecified atom stereocenters. The molecule has 0 heterocycles. The van der Waals surface area contributed by atoms with Gasteiger partial charge in [0.25, 0.3) is 0 Å². The van der Waals surface area contributed by atoms with Gasteiger partial charge in [-0.05, 0) is 17.0 Å². The first kappa shape index (κ1) is 17.2. The fraction of sp³-hybridized carbons (Fsp3) is 0.350. The number of nitrogens with one attached hydrogen (secondary N) is 1. The lowest BCUT2D eigenvalue weighted by molar-refractivity contribution is -0.145. The third-order valence-electron chi connectivity index (χ3n) is 3.85. The van der Waals surface area contributed by atoms with Crippen LogP contribution < -0.4 is 5.32 Å². The summed E-state index contributed by atoms with van der Waals surface area (Å²) in [5.74, 6) is 0.205. The molecule has 0 amide bonds. The van der Waals surface area contributed by atoms with Gasteiger partial charge in [-0.1, -0.05) is 74.5 Å². The first-order valence-electron chi connectivity index (χ1n) is 8.12. The van der Waals surface area contributed by atoms with Gasteiger partial charge in [0.15, 0.2) is 0 Å². The molecule has 2 aromatic carbocycles. The largest absolute Gasteiger partial charge is 0.461 e. The Morgan fingerprint density at radius 2 is 1.52 bits per heavy atom. The normalized spacial score (nSPS) is 12.1. The first-order valence-corrected chi connectivity index (χ1v) is 8.12. The maximum Gasteiger partial charge on any atom is 0.307 e. The van der Waals surface area contributed by atoms with E-state index in [0.717, 1.165) is 12.1 Å². The Morgan fingerprint density at radius 1 is 0.957 bits per heavy atom. The molecule has 0 aliphatic rings. The van der Waals surface area contributed by atoms with Crippen LogP contribution in [0.1, 0.15) is 31.4 Å². The van der Waals surface area contributed by atoms with E-state index in [1.165, 1.54) is 5.56 Å². The van der Waals surface area contributed by atoms with Crippen molar-refractivity contribution in [3.63, 3.8) is 0 Å². The molecule has 23 heavy (non-hydrogen) atoms. The zero-order valence-electron chi connectivity index (χ0n) is 13.9. The molecule has 122 valence electrons. The molecule has 2 rings (SSSR count). The molecule has 0 fully saturated rings. The van der Waals surface area contributed by atoms with Gasteiger partial charge in [-0.3, -0.25) is 4.79 Å². The van der Waals surface area contributed by atoms with Crippen molar-refractivity contribution >= 4 is 5.97 Å². The SMILES string of the molecule is CC(C)[C@@H](CC(=O)OCc1ccccc1)NCc1ccccc1. The second-order valence-corrected chi connectivity index (χ2v) is 6.07. The Hall–Kier alpha value is -2.13. The molecule has 0 saturated carbocycles. The molecular weight excluding hydrogens is 286 g/mol. The summed E-state index contributed by atoms with van der Waals surface area (Å²) >= 11 is 0. The topological polar surface area (TPSA) is 38.3 Å².